The summed E-state index contributed by atoms with van der Waals surface area (Å²) in [5.41, 5.74) is 6.04. The van der Waals surface area contributed by atoms with Crippen LogP contribution in [0.15, 0.2) is 23.1 Å². The average Bonchev–Trinajstić information content (AvgIpc) is 2.30. The second kappa shape index (κ2) is 7.05. The molecule has 0 aromatic carbocycles. The van der Waals surface area contributed by atoms with Crippen LogP contribution in [0.2, 0.25) is 0 Å². The van der Waals surface area contributed by atoms with E-state index in [1.807, 2.05) is 4.90 Å². The molecule has 17 heavy (non-hydrogen) atoms. The van der Waals surface area contributed by atoms with Crippen molar-refractivity contribution in [3.63, 3.8) is 0 Å². The fourth-order valence-corrected chi connectivity index (χ4v) is 1.59. The lowest BCUT2D eigenvalue weighted by atomic mass is 10.4. The number of aliphatic hydroxyl groups is 2. The van der Waals surface area contributed by atoms with Gasteiger partial charge in [-0.3, -0.25) is 9.69 Å². The van der Waals surface area contributed by atoms with Crippen molar-refractivity contribution in [2.75, 3.05) is 38.6 Å². The van der Waals surface area contributed by atoms with Gasteiger partial charge in [0.25, 0.3) is 5.56 Å². The van der Waals surface area contributed by atoms with Gasteiger partial charge in [-0.25, -0.2) is 0 Å². The van der Waals surface area contributed by atoms with Gasteiger partial charge in [0.05, 0.1) is 13.2 Å². The molecular formula is C11H19N3O3. The van der Waals surface area contributed by atoms with Gasteiger partial charge in [0, 0.05) is 44.1 Å². The molecule has 1 aromatic rings. The van der Waals surface area contributed by atoms with Crippen LogP contribution in [-0.4, -0.2) is 52.5 Å². The Morgan fingerprint density at radius 2 is 1.82 bits per heavy atom. The van der Waals surface area contributed by atoms with Crippen LogP contribution in [0.5, 0.6) is 0 Å². The van der Waals surface area contributed by atoms with Gasteiger partial charge >= 0.3 is 0 Å². The van der Waals surface area contributed by atoms with Crippen molar-refractivity contribution in [3.8, 4) is 0 Å². The van der Waals surface area contributed by atoms with E-state index in [9.17, 15) is 4.79 Å². The predicted molar refractivity (Wildman–Crippen MR) is 65.7 cm³/mol. The molecular weight excluding hydrogens is 222 g/mol. The summed E-state index contributed by atoms with van der Waals surface area (Å²) in [4.78, 5) is 13.4. The number of aromatic nitrogens is 1. The predicted octanol–water partition coefficient (Wildman–Crippen LogP) is -1.28. The first-order valence-electron chi connectivity index (χ1n) is 5.57. The zero-order valence-corrected chi connectivity index (χ0v) is 9.75. The molecule has 96 valence electrons. The number of hydrogen-bond donors (Lipinski definition) is 3. The van der Waals surface area contributed by atoms with E-state index in [0.29, 0.717) is 31.9 Å². The van der Waals surface area contributed by atoms with Gasteiger partial charge in [0.15, 0.2) is 0 Å². The standard InChI is InChI=1S/C11H19N3O3/c12-10-1-2-11(17)14(9-10)4-3-13(5-7-15)6-8-16/h1-2,9,15-16H,3-8,12H2. The second-order valence-electron chi connectivity index (χ2n) is 3.78. The Labute approximate surface area is 99.9 Å². The van der Waals surface area contributed by atoms with Crippen molar-refractivity contribution in [1.82, 2.24) is 9.47 Å². The molecule has 1 rings (SSSR count). The number of aliphatic hydroxyl groups excluding tert-OH is 2. The van der Waals surface area contributed by atoms with E-state index >= 15 is 0 Å². The molecule has 0 aliphatic heterocycles. The van der Waals surface area contributed by atoms with Gasteiger partial charge in [0.2, 0.25) is 0 Å². The first kappa shape index (κ1) is 13.7. The topological polar surface area (TPSA) is 91.7 Å². The maximum Gasteiger partial charge on any atom is 0.250 e. The van der Waals surface area contributed by atoms with Crippen molar-refractivity contribution in [2.45, 2.75) is 6.54 Å². The average molecular weight is 241 g/mol. The minimum atomic E-state index is -0.104. The highest BCUT2D eigenvalue weighted by molar-refractivity contribution is 5.33. The third kappa shape index (κ3) is 4.56. The largest absolute Gasteiger partial charge is 0.398 e. The highest BCUT2D eigenvalue weighted by Gasteiger charge is 2.04. The lowest BCUT2D eigenvalue weighted by molar-refractivity contribution is 0.157. The van der Waals surface area contributed by atoms with Crippen molar-refractivity contribution >= 4 is 5.69 Å². The van der Waals surface area contributed by atoms with E-state index in [1.54, 1.807) is 12.3 Å². The maximum absolute atomic E-state index is 11.5. The Hall–Kier alpha value is -1.37. The molecule has 0 saturated heterocycles. The molecule has 0 amide bonds. The number of nitrogen functional groups attached to an aromatic ring is 1. The first-order chi connectivity index (χ1) is 8.17. The highest BCUT2D eigenvalue weighted by Crippen LogP contribution is 1.96. The minimum absolute atomic E-state index is 0.0336. The summed E-state index contributed by atoms with van der Waals surface area (Å²) in [5.74, 6) is 0. The smallest absolute Gasteiger partial charge is 0.250 e. The van der Waals surface area contributed by atoms with E-state index in [-0.39, 0.29) is 18.8 Å². The molecule has 0 fully saturated rings. The number of pyridine rings is 1. The fourth-order valence-electron chi connectivity index (χ4n) is 1.59. The molecule has 0 unspecified atom stereocenters. The fraction of sp³-hybridized carbons (Fsp3) is 0.545. The summed E-state index contributed by atoms with van der Waals surface area (Å²) in [6.45, 7) is 2.11. The summed E-state index contributed by atoms with van der Waals surface area (Å²) in [7, 11) is 0. The molecule has 1 heterocycles. The van der Waals surface area contributed by atoms with E-state index in [2.05, 4.69) is 0 Å². The summed E-state index contributed by atoms with van der Waals surface area (Å²) < 4.78 is 1.52. The number of rotatable bonds is 7. The normalized spacial score (nSPS) is 11.0. The number of hydrogen-bond acceptors (Lipinski definition) is 5. The lowest BCUT2D eigenvalue weighted by Gasteiger charge is -2.20. The van der Waals surface area contributed by atoms with Crippen LogP contribution in [0.3, 0.4) is 0 Å². The molecule has 0 radical (unpaired) electrons. The molecule has 1 aromatic heterocycles. The molecule has 0 atom stereocenters. The zero-order chi connectivity index (χ0) is 12.7. The molecule has 0 saturated carbocycles. The van der Waals surface area contributed by atoms with E-state index in [1.165, 1.54) is 10.6 Å². The molecule has 6 nitrogen and oxygen atoms in total. The van der Waals surface area contributed by atoms with Gasteiger partial charge in [-0.15, -0.1) is 0 Å². The van der Waals surface area contributed by atoms with Gasteiger partial charge in [-0.1, -0.05) is 0 Å². The minimum Gasteiger partial charge on any atom is -0.398 e. The Morgan fingerprint density at radius 3 is 2.41 bits per heavy atom. The molecule has 0 aliphatic carbocycles. The summed E-state index contributed by atoms with van der Waals surface area (Å²) in [6, 6.07) is 3.00. The first-order valence-corrected chi connectivity index (χ1v) is 5.57. The van der Waals surface area contributed by atoms with E-state index in [0.717, 1.165) is 0 Å². The van der Waals surface area contributed by atoms with Crippen molar-refractivity contribution in [3.05, 3.63) is 28.7 Å². The number of nitrogens with two attached hydrogens (primary N) is 1. The van der Waals surface area contributed by atoms with Crippen molar-refractivity contribution in [1.29, 1.82) is 0 Å². The number of anilines is 1. The SMILES string of the molecule is Nc1ccc(=O)n(CCN(CCO)CCO)c1. The van der Waals surface area contributed by atoms with Gasteiger partial charge < -0.3 is 20.5 Å². The Bertz CT molecular complexity index is 386. The second-order valence-corrected chi connectivity index (χ2v) is 3.78. The third-order valence-corrected chi connectivity index (χ3v) is 2.50. The monoisotopic (exact) mass is 241 g/mol. The summed E-state index contributed by atoms with van der Waals surface area (Å²) >= 11 is 0. The maximum atomic E-state index is 11.5. The van der Waals surface area contributed by atoms with Crippen LogP contribution in [0.25, 0.3) is 0 Å². The third-order valence-electron chi connectivity index (χ3n) is 2.50. The highest BCUT2D eigenvalue weighted by atomic mass is 16.3. The number of nitrogens with zero attached hydrogens (tertiary/aromatic N) is 2. The van der Waals surface area contributed by atoms with Crippen LogP contribution in [0.4, 0.5) is 5.69 Å². The van der Waals surface area contributed by atoms with Crippen molar-refractivity contribution in [2.24, 2.45) is 0 Å². The molecule has 0 bridgehead atoms. The Kier molecular flexibility index (Phi) is 5.68. The molecule has 6 heteroatoms. The van der Waals surface area contributed by atoms with Crippen LogP contribution >= 0.6 is 0 Å². The van der Waals surface area contributed by atoms with Crippen LogP contribution in [0.1, 0.15) is 0 Å². The van der Waals surface area contributed by atoms with E-state index < -0.39 is 0 Å². The van der Waals surface area contributed by atoms with Crippen LogP contribution in [-0.2, 0) is 6.54 Å². The van der Waals surface area contributed by atoms with Gasteiger partial charge in [-0.2, -0.15) is 0 Å². The zero-order valence-electron chi connectivity index (χ0n) is 9.75. The van der Waals surface area contributed by atoms with E-state index in [4.69, 9.17) is 15.9 Å². The molecule has 0 spiro atoms. The Balaban J connectivity index is 2.58. The Morgan fingerprint density at radius 1 is 1.18 bits per heavy atom. The molecule has 4 N–H and O–H groups in total. The van der Waals surface area contributed by atoms with Crippen molar-refractivity contribution < 1.29 is 10.2 Å². The van der Waals surface area contributed by atoms with Crippen LogP contribution in [0, 0.1) is 0 Å². The molecule has 0 aliphatic rings. The van der Waals surface area contributed by atoms with Crippen LogP contribution < -0.4 is 11.3 Å². The summed E-state index contributed by atoms with van der Waals surface area (Å²) in [5, 5.41) is 17.7. The summed E-state index contributed by atoms with van der Waals surface area (Å²) in [6.07, 6.45) is 1.60. The quantitative estimate of drug-likeness (QED) is 0.553. The van der Waals surface area contributed by atoms with Gasteiger partial charge in [0.1, 0.15) is 0 Å². The lowest BCUT2D eigenvalue weighted by Crippen LogP contribution is -2.34. The van der Waals surface area contributed by atoms with Gasteiger partial charge in [-0.05, 0) is 6.07 Å².